The molecule has 0 fully saturated rings. The number of pyridine rings is 1. The van der Waals surface area contributed by atoms with E-state index in [-0.39, 0.29) is 0 Å². The first kappa shape index (κ1) is 46.9. The zero-order chi connectivity index (χ0) is 37.9. The third-order valence-electron chi connectivity index (χ3n) is 11.7. The Balaban J connectivity index is 1.67. The number of unbranched alkanes of at least 4 members (excludes halogenated alkanes) is 30. The average molecular weight is 728 g/mol. The van der Waals surface area contributed by atoms with Gasteiger partial charge in [-0.05, 0) is 48.9 Å². The highest BCUT2D eigenvalue weighted by atomic mass is 15.1. The fraction of sp³-hybridized carbons (Fsp3) is 0.745. The Bertz CT molecular complexity index is 1090. The molecule has 2 aromatic rings. The predicted molar refractivity (Wildman–Crippen MR) is 237 cm³/mol. The van der Waals surface area contributed by atoms with Gasteiger partial charge < -0.3 is 4.90 Å². The molecule has 2 rings (SSSR count). The summed E-state index contributed by atoms with van der Waals surface area (Å²) in [6.07, 6.45) is 53.5. The maximum absolute atomic E-state index is 5.83. The van der Waals surface area contributed by atoms with E-state index in [9.17, 15) is 0 Å². The number of aromatic nitrogens is 1. The van der Waals surface area contributed by atoms with Crippen LogP contribution in [-0.4, -0.2) is 13.1 Å². The summed E-state index contributed by atoms with van der Waals surface area (Å²) < 4.78 is 2.13. The number of hydrogen-bond donors (Lipinski definition) is 0. The monoisotopic (exact) mass is 728 g/mol. The van der Waals surface area contributed by atoms with Gasteiger partial charge in [-0.3, -0.25) is 0 Å². The Morgan fingerprint density at radius 3 is 1.09 bits per heavy atom. The Morgan fingerprint density at radius 1 is 0.434 bits per heavy atom. The van der Waals surface area contributed by atoms with Crippen LogP contribution in [0.3, 0.4) is 0 Å². The van der Waals surface area contributed by atoms with Crippen LogP contribution in [0.2, 0.25) is 0 Å². The second-order valence-corrected chi connectivity index (χ2v) is 16.4. The van der Waals surface area contributed by atoms with Gasteiger partial charge in [0.2, 0.25) is 0 Å². The second-order valence-electron chi connectivity index (χ2n) is 16.4. The van der Waals surface area contributed by atoms with Crippen LogP contribution in [-0.2, 0) is 6.54 Å². The van der Waals surface area contributed by atoms with E-state index in [4.69, 9.17) is 6.42 Å². The maximum atomic E-state index is 5.83. The minimum atomic E-state index is 0.895. The molecule has 2 nitrogen and oxygen atoms in total. The first-order valence-electron chi connectivity index (χ1n) is 23.6. The quantitative estimate of drug-likeness (QED) is 0.0382. The van der Waals surface area contributed by atoms with Crippen molar-refractivity contribution in [2.75, 3.05) is 18.0 Å². The van der Waals surface area contributed by atoms with Gasteiger partial charge in [-0.25, -0.2) is 0 Å². The summed E-state index contributed by atoms with van der Waals surface area (Å²) >= 11 is 0. The van der Waals surface area contributed by atoms with E-state index >= 15 is 0 Å². The van der Waals surface area contributed by atoms with Gasteiger partial charge in [-0.1, -0.05) is 219 Å². The third kappa shape index (κ3) is 24.0. The van der Waals surface area contributed by atoms with Gasteiger partial charge in [0, 0.05) is 30.9 Å². The molecule has 1 aromatic carbocycles. The summed E-state index contributed by atoms with van der Waals surface area (Å²) in [7, 11) is 0. The first-order chi connectivity index (χ1) is 26.2. The Morgan fingerprint density at radius 2 is 0.774 bits per heavy atom. The van der Waals surface area contributed by atoms with Crippen molar-refractivity contribution in [3.8, 4) is 23.5 Å². The molecule has 0 N–H and O–H groups in total. The fourth-order valence-corrected chi connectivity index (χ4v) is 8.05. The van der Waals surface area contributed by atoms with Gasteiger partial charge >= 0.3 is 0 Å². The predicted octanol–water partition coefficient (Wildman–Crippen LogP) is 16.0. The van der Waals surface area contributed by atoms with E-state index in [2.05, 4.69) is 78.8 Å². The van der Waals surface area contributed by atoms with E-state index in [0.29, 0.717) is 0 Å². The van der Waals surface area contributed by atoms with Crippen LogP contribution in [0.25, 0.3) is 11.1 Å². The number of hydrogen-bond acceptors (Lipinski definition) is 1. The second kappa shape index (κ2) is 34.2. The minimum absolute atomic E-state index is 0.895. The third-order valence-corrected chi connectivity index (χ3v) is 11.7. The van der Waals surface area contributed by atoms with Gasteiger partial charge in [-0.15, -0.1) is 6.42 Å². The lowest BCUT2D eigenvalue weighted by atomic mass is 10.0. The molecule has 0 radical (unpaired) electrons. The van der Waals surface area contributed by atoms with E-state index < -0.39 is 0 Å². The normalized spacial score (nSPS) is 11.3. The summed E-state index contributed by atoms with van der Waals surface area (Å²) in [5.74, 6) is 2.87. The number of terminal acetylenes is 1. The van der Waals surface area contributed by atoms with E-state index in [0.717, 1.165) is 12.2 Å². The van der Waals surface area contributed by atoms with Crippen molar-refractivity contribution in [2.45, 2.75) is 233 Å². The smallest absolute Gasteiger partial charge is 0.257 e. The topological polar surface area (TPSA) is 7.12 Å². The Hall–Kier alpha value is -2.27. The van der Waals surface area contributed by atoms with Gasteiger partial charge in [0.25, 0.3) is 5.69 Å². The van der Waals surface area contributed by atoms with Crippen LogP contribution < -0.4 is 9.47 Å². The van der Waals surface area contributed by atoms with Crippen molar-refractivity contribution in [2.24, 2.45) is 0 Å². The number of anilines is 1. The van der Waals surface area contributed by atoms with Crippen molar-refractivity contribution in [3.63, 3.8) is 0 Å². The standard InChI is InChI=1S/C51H87N2/c1-5-9-11-13-15-17-19-21-23-25-27-29-31-33-35-37-44-53(45-38-36-34-32-30-28-26-24-22-20-18-16-14-12-10-6-2)51-41-39-48(40-42-51)49-43-46-52(8-4)50(7-3)47-49/h3,39-43,46-47H,5-6,8-38,44-45H2,1-2,4H3/q+1. The van der Waals surface area contributed by atoms with E-state index in [1.807, 2.05) is 0 Å². The van der Waals surface area contributed by atoms with E-state index in [1.54, 1.807) is 0 Å². The molecule has 0 aliphatic rings. The zero-order valence-corrected chi connectivity index (χ0v) is 35.8. The molecule has 0 bridgehead atoms. The lowest BCUT2D eigenvalue weighted by Crippen LogP contribution is -2.35. The van der Waals surface area contributed by atoms with Crippen LogP contribution in [0.4, 0.5) is 5.69 Å². The van der Waals surface area contributed by atoms with E-state index in [1.165, 1.54) is 235 Å². The summed E-state index contributed by atoms with van der Waals surface area (Å²) in [6, 6.07) is 13.7. The molecule has 0 atom stereocenters. The summed E-state index contributed by atoms with van der Waals surface area (Å²) in [6.45, 7) is 10.0. The molecule has 1 heterocycles. The molecule has 0 aliphatic carbocycles. The molecular formula is C51H87N2+. The van der Waals surface area contributed by atoms with Crippen LogP contribution in [0.1, 0.15) is 232 Å². The van der Waals surface area contributed by atoms with Crippen molar-refractivity contribution in [1.29, 1.82) is 0 Å². The highest BCUT2D eigenvalue weighted by Crippen LogP contribution is 2.25. The molecule has 0 saturated carbocycles. The number of aryl methyl sites for hydroxylation is 1. The van der Waals surface area contributed by atoms with Gasteiger partial charge in [0.05, 0.1) is 0 Å². The Labute approximate surface area is 331 Å². The largest absolute Gasteiger partial charge is 0.372 e. The molecule has 0 aliphatic heterocycles. The Kier molecular flexibility index (Phi) is 30.3. The fourth-order valence-electron chi connectivity index (χ4n) is 8.05. The van der Waals surface area contributed by atoms with Crippen molar-refractivity contribution >= 4 is 5.69 Å². The number of nitrogens with zero attached hydrogens (tertiary/aromatic N) is 2. The summed E-state index contributed by atoms with van der Waals surface area (Å²) in [5.41, 5.74) is 4.78. The highest BCUT2D eigenvalue weighted by molar-refractivity contribution is 5.66. The van der Waals surface area contributed by atoms with Gasteiger partial charge in [-0.2, -0.15) is 4.57 Å². The molecule has 300 valence electrons. The van der Waals surface area contributed by atoms with Gasteiger partial charge in [0.15, 0.2) is 6.20 Å². The lowest BCUT2D eigenvalue weighted by molar-refractivity contribution is -0.695. The molecule has 0 spiro atoms. The summed E-state index contributed by atoms with van der Waals surface area (Å²) in [4.78, 5) is 2.68. The number of rotatable bonds is 37. The van der Waals surface area contributed by atoms with Gasteiger partial charge in [0.1, 0.15) is 6.54 Å². The van der Waals surface area contributed by atoms with Crippen molar-refractivity contribution < 1.29 is 4.57 Å². The minimum Gasteiger partial charge on any atom is -0.372 e. The molecular weight excluding hydrogens is 641 g/mol. The molecule has 0 amide bonds. The van der Waals surface area contributed by atoms with Crippen LogP contribution in [0.5, 0.6) is 0 Å². The molecule has 0 saturated heterocycles. The van der Waals surface area contributed by atoms with Crippen LogP contribution in [0.15, 0.2) is 42.6 Å². The highest BCUT2D eigenvalue weighted by Gasteiger charge is 2.11. The van der Waals surface area contributed by atoms with Crippen molar-refractivity contribution in [3.05, 3.63) is 48.3 Å². The molecule has 53 heavy (non-hydrogen) atoms. The molecule has 0 unspecified atom stereocenters. The first-order valence-corrected chi connectivity index (χ1v) is 23.6. The molecule has 2 heteroatoms. The molecule has 1 aromatic heterocycles. The summed E-state index contributed by atoms with van der Waals surface area (Å²) in [5, 5.41) is 0. The average Bonchev–Trinajstić information content (AvgIpc) is 3.19. The zero-order valence-electron chi connectivity index (χ0n) is 35.8. The van der Waals surface area contributed by atoms with Crippen LogP contribution >= 0.6 is 0 Å². The SMILES string of the molecule is C#Cc1cc(-c2ccc(N(CCCCCCCCCCCCCCCCCC)CCCCCCCCCCCCCCCCCC)cc2)cc[n+]1CC. The van der Waals surface area contributed by atoms with Crippen LogP contribution in [0, 0.1) is 12.3 Å². The number of benzene rings is 1. The maximum Gasteiger partial charge on any atom is 0.257 e. The lowest BCUT2D eigenvalue weighted by Gasteiger charge is -2.25. The van der Waals surface area contributed by atoms with Crippen molar-refractivity contribution in [1.82, 2.24) is 0 Å².